The molecule has 168 valence electrons. The minimum atomic E-state index is 0.459. The van der Waals surface area contributed by atoms with Crippen LogP contribution in [0.15, 0.2) is 43.0 Å². The highest BCUT2D eigenvalue weighted by atomic mass is 32.1. The van der Waals surface area contributed by atoms with Crippen LogP contribution in [-0.2, 0) is 0 Å². The van der Waals surface area contributed by atoms with Crippen molar-refractivity contribution in [2.75, 3.05) is 36.4 Å². The van der Waals surface area contributed by atoms with Gasteiger partial charge in [0, 0.05) is 42.5 Å². The molecule has 4 aromatic rings. The van der Waals surface area contributed by atoms with Gasteiger partial charge in [-0.1, -0.05) is 12.2 Å². The Labute approximate surface area is 198 Å². The summed E-state index contributed by atoms with van der Waals surface area (Å²) in [5.41, 5.74) is 5.42. The zero-order valence-electron chi connectivity index (χ0n) is 18.5. The summed E-state index contributed by atoms with van der Waals surface area (Å²) in [6.07, 6.45) is 12.4. The first-order chi connectivity index (χ1) is 16.2. The SMILES string of the molecule is S=C1CCCC(c2c[nH+]cc3[nH]c4ncc(Nc5ccc(N6CCNCC6)cn5)cc4c23)C1. The average Bonchev–Trinajstić information content (AvgIpc) is 3.23. The Morgan fingerprint density at radius 1 is 1.12 bits per heavy atom. The normalized spacial score (nSPS) is 19.3. The molecule has 1 saturated heterocycles. The van der Waals surface area contributed by atoms with Crippen LogP contribution in [0, 0.1) is 0 Å². The van der Waals surface area contributed by atoms with E-state index < -0.39 is 0 Å². The van der Waals surface area contributed by atoms with Crippen molar-refractivity contribution < 1.29 is 4.98 Å². The molecule has 0 amide bonds. The number of H-pyrrole nitrogens is 2. The van der Waals surface area contributed by atoms with Crippen molar-refractivity contribution in [3.05, 3.63) is 48.5 Å². The molecule has 0 spiro atoms. The number of nitrogens with zero attached hydrogens (tertiary/aromatic N) is 3. The van der Waals surface area contributed by atoms with Gasteiger partial charge in [-0.3, -0.25) is 0 Å². The number of hydrogen-bond acceptors (Lipinski definition) is 6. The predicted octanol–water partition coefficient (Wildman–Crippen LogP) is 4.11. The number of hydrogen-bond donors (Lipinski definition) is 3. The lowest BCUT2D eigenvalue weighted by Gasteiger charge is -2.29. The molecule has 1 aliphatic carbocycles. The topological polar surface area (TPSA) is 83.0 Å². The zero-order chi connectivity index (χ0) is 22.2. The summed E-state index contributed by atoms with van der Waals surface area (Å²) in [6, 6.07) is 6.36. The quantitative estimate of drug-likeness (QED) is 0.399. The molecule has 0 aromatic carbocycles. The highest BCUT2D eigenvalue weighted by Crippen LogP contribution is 2.38. The van der Waals surface area contributed by atoms with Gasteiger partial charge >= 0.3 is 0 Å². The number of fused-ring (bicyclic) bond motifs is 3. The van der Waals surface area contributed by atoms with Crippen molar-refractivity contribution in [2.24, 2.45) is 0 Å². The van der Waals surface area contributed by atoms with Crippen molar-refractivity contribution in [2.45, 2.75) is 31.6 Å². The second-order valence-corrected chi connectivity index (χ2v) is 9.62. The number of rotatable bonds is 4. The fourth-order valence-electron chi connectivity index (χ4n) is 5.19. The number of nitrogens with one attached hydrogen (secondary N) is 4. The third-order valence-corrected chi connectivity index (χ3v) is 7.23. The van der Waals surface area contributed by atoms with Crippen LogP contribution in [0.25, 0.3) is 21.9 Å². The summed E-state index contributed by atoms with van der Waals surface area (Å²) in [6.45, 7) is 4.06. The minimum Gasteiger partial charge on any atom is -0.368 e. The van der Waals surface area contributed by atoms with Crippen LogP contribution in [0.2, 0.25) is 0 Å². The van der Waals surface area contributed by atoms with E-state index in [9.17, 15) is 0 Å². The molecule has 4 N–H and O–H groups in total. The predicted molar refractivity (Wildman–Crippen MR) is 137 cm³/mol. The summed E-state index contributed by atoms with van der Waals surface area (Å²) in [4.78, 5) is 19.7. The van der Waals surface area contributed by atoms with Crippen molar-refractivity contribution >= 4 is 56.2 Å². The van der Waals surface area contributed by atoms with Crippen molar-refractivity contribution in [1.29, 1.82) is 0 Å². The highest BCUT2D eigenvalue weighted by molar-refractivity contribution is 7.80. The third-order valence-electron chi connectivity index (χ3n) is 6.86. The van der Waals surface area contributed by atoms with Crippen molar-refractivity contribution in [3.63, 3.8) is 0 Å². The number of pyridine rings is 3. The second kappa shape index (κ2) is 8.68. The zero-order valence-corrected chi connectivity index (χ0v) is 19.3. The van der Waals surface area contributed by atoms with E-state index in [1.165, 1.54) is 34.3 Å². The van der Waals surface area contributed by atoms with E-state index in [4.69, 9.17) is 17.2 Å². The van der Waals surface area contributed by atoms with Gasteiger partial charge in [0.1, 0.15) is 17.0 Å². The molecule has 1 aliphatic heterocycles. The van der Waals surface area contributed by atoms with Crippen molar-refractivity contribution in [3.8, 4) is 0 Å². The van der Waals surface area contributed by atoms with Gasteiger partial charge in [0.05, 0.1) is 23.8 Å². The second-order valence-electron chi connectivity index (χ2n) is 9.04. The third kappa shape index (κ3) is 4.05. The molecule has 1 saturated carbocycles. The van der Waals surface area contributed by atoms with Crippen LogP contribution < -0.4 is 20.5 Å². The van der Waals surface area contributed by atoms with E-state index in [2.05, 4.69) is 48.8 Å². The summed E-state index contributed by atoms with van der Waals surface area (Å²) in [7, 11) is 0. The van der Waals surface area contributed by atoms with Gasteiger partial charge in [0.15, 0.2) is 12.4 Å². The van der Waals surface area contributed by atoms with Gasteiger partial charge in [-0.15, -0.1) is 0 Å². The van der Waals surface area contributed by atoms with Crippen LogP contribution in [0.5, 0.6) is 0 Å². The molecule has 4 aromatic heterocycles. The smallest absolute Gasteiger partial charge is 0.191 e. The monoisotopic (exact) mass is 458 g/mol. The number of aromatic amines is 2. The van der Waals surface area contributed by atoms with Crippen LogP contribution in [0.1, 0.15) is 37.2 Å². The Balaban J connectivity index is 1.31. The Morgan fingerprint density at radius 2 is 2.03 bits per heavy atom. The molecule has 1 unspecified atom stereocenters. The molecule has 8 heteroatoms. The lowest BCUT2D eigenvalue weighted by atomic mass is 9.83. The minimum absolute atomic E-state index is 0.459. The molecule has 33 heavy (non-hydrogen) atoms. The lowest BCUT2D eigenvalue weighted by molar-refractivity contribution is -0.376. The van der Waals surface area contributed by atoms with Gasteiger partial charge in [-0.2, -0.15) is 0 Å². The fourth-order valence-corrected chi connectivity index (χ4v) is 5.54. The van der Waals surface area contributed by atoms with E-state index in [0.717, 1.165) is 67.1 Å². The first-order valence-electron chi connectivity index (χ1n) is 11.8. The number of piperazine rings is 1. The number of anilines is 3. The van der Waals surface area contributed by atoms with E-state index in [0.29, 0.717) is 5.92 Å². The standard InChI is InChI=1S/C25H27N7S/c33-19-3-1-2-16(10-19)21-14-27-15-22-24(21)20-11-17(12-29-25(20)31-22)30-23-5-4-18(13-28-23)32-8-6-26-7-9-32/h4-5,11-16,26H,1-3,6-10H2,(H,28,30)(H,29,31)/p+1. The molecule has 5 heterocycles. The number of thiocarbonyl (C=S) groups is 1. The van der Waals surface area contributed by atoms with E-state index in [1.54, 1.807) is 0 Å². The molecule has 6 rings (SSSR count). The molecule has 2 aliphatic rings. The van der Waals surface area contributed by atoms with Gasteiger partial charge in [0.25, 0.3) is 0 Å². The summed E-state index contributed by atoms with van der Waals surface area (Å²) >= 11 is 5.57. The Kier molecular flexibility index (Phi) is 5.39. The maximum Gasteiger partial charge on any atom is 0.191 e. The average molecular weight is 459 g/mol. The van der Waals surface area contributed by atoms with E-state index in [-0.39, 0.29) is 0 Å². The molecule has 7 nitrogen and oxygen atoms in total. The molecular weight excluding hydrogens is 430 g/mol. The Hall–Kier alpha value is -3.10. The maximum atomic E-state index is 5.57. The molecule has 0 bridgehead atoms. The molecule has 2 fully saturated rings. The summed E-state index contributed by atoms with van der Waals surface area (Å²) in [5.74, 6) is 1.28. The van der Waals surface area contributed by atoms with Crippen LogP contribution in [-0.4, -0.2) is 46.0 Å². The maximum absolute atomic E-state index is 5.57. The van der Waals surface area contributed by atoms with Crippen LogP contribution in [0.4, 0.5) is 17.2 Å². The largest absolute Gasteiger partial charge is 0.368 e. The van der Waals surface area contributed by atoms with Gasteiger partial charge in [-0.25, -0.2) is 15.0 Å². The van der Waals surface area contributed by atoms with E-state index in [1.807, 2.05) is 24.7 Å². The fraction of sp³-hybridized carbons (Fsp3) is 0.360. The summed E-state index contributed by atoms with van der Waals surface area (Å²) < 4.78 is 0. The van der Waals surface area contributed by atoms with E-state index >= 15 is 0 Å². The molecule has 0 radical (unpaired) electrons. The van der Waals surface area contributed by atoms with Crippen molar-refractivity contribution in [1.82, 2.24) is 20.3 Å². The van der Waals surface area contributed by atoms with Gasteiger partial charge < -0.3 is 20.5 Å². The molecule has 1 atom stereocenters. The molecular formula is C25H28N7S+. The first kappa shape index (κ1) is 20.5. The van der Waals surface area contributed by atoms with Gasteiger partial charge in [0.2, 0.25) is 0 Å². The number of aromatic nitrogens is 4. The Morgan fingerprint density at radius 3 is 2.85 bits per heavy atom. The highest BCUT2D eigenvalue weighted by Gasteiger charge is 2.24. The first-order valence-corrected chi connectivity index (χ1v) is 12.2. The Bertz CT molecular complexity index is 1310. The van der Waals surface area contributed by atoms with Crippen LogP contribution >= 0.6 is 12.2 Å². The van der Waals surface area contributed by atoms with Gasteiger partial charge in [-0.05, 0) is 54.7 Å². The summed E-state index contributed by atoms with van der Waals surface area (Å²) in [5, 5.41) is 9.21. The van der Waals surface area contributed by atoms with Crippen LogP contribution in [0.3, 0.4) is 0 Å². The lowest BCUT2D eigenvalue weighted by Crippen LogP contribution is -2.43.